The molecule has 1 saturated carbocycles. The predicted molar refractivity (Wildman–Crippen MR) is 153 cm³/mol. The van der Waals surface area contributed by atoms with Gasteiger partial charge in [-0.25, -0.2) is 12.8 Å². The maximum absolute atomic E-state index is 13.6. The quantitative estimate of drug-likeness (QED) is 0.366. The molecule has 2 aromatic rings. The summed E-state index contributed by atoms with van der Waals surface area (Å²) in [6, 6.07) is 12.7. The molecule has 0 unspecified atom stereocenters. The fraction of sp³-hybridized carbons (Fsp3) is 0.533. The van der Waals surface area contributed by atoms with Crippen LogP contribution in [0.15, 0.2) is 48.5 Å². The third kappa shape index (κ3) is 9.05. The second-order valence-electron chi connectivity index (χ2n) is 10.4. The van der Waals surface area contributed by atoms with Gasteiger partial charge in [-0.15, -0.1) is 0 Å². The van der Waals surface area contributed by atoms with Crippen LogP contribution in [-0.4, -0.2) is 50.0 Å². The van der Waals surface area contributed by atoms with Crippen molar-refractivity contribution in [3.05, 3.63) is 65.5 Å². The molecule has 1 fully saturated rings. The fourth-order valence-corrected chi connectivity index (χ4v) is 6.12. The Bertz CT molecular complexity index is 1180. The van der Waals surface area contributed by atoms with E-state index in [4.69, 9.17) is 0 Å². The smallest absolute Gasteiger partial charge is 0.243 e. The molecule has 1 N–H and O–H groups in total. The Morgan fingerprint density at radius 3 is 2.15 bits per heavy atom. The number of carbonyl (C=O) groups is 2. The lowest BCUT2D eigenvalue weighted by molar-refractivity contribution is -0.141. The number of nitrogens with zero attached hydrogens (tertiary/aromatic N) is 2. The van der Waals surface area contributed by atoms with Gasteiger partial charge in [-0.3, -0.25) is 13.9 Å². The minimum Gasteiger partial charge on any atom is -0.352 e. The minimum atomic E-state index is -3.55. The van der Waals surface area contributed by atoms with Crippen LogP contribution in [0.4, 0.5) is 10.1 Å². The molecule has 0 aliphatic heterocycles. The average Bonchev–Trinajstić information content (AvgIpc) is 2.92. The number of sulfonamides is 1. The molecule has 9 heteroatoms. The van der Waals surface area contributed by atoms with Crippen molar-refractivity contribution < 1.29 is 22.4 Å². The number of hydrogen-bond donors (Lipinski definition) is 1. The standard InChI is InChI=1S/C30H42FN3O4S/c1-4-23-15-19-27(20-16-23)34(39(3,37)38)21-9-12-29(35)33(22-24-13-17-25(31)18-14-24)28(5-2)30(36)32-26-10-7-6-8-11-26/h13-20,26,28H,4-12,21-22H2,1-3H3,(H,32,36)/t28-/m0/s1. The first-order chi connectivity index (χ1) is 18.6. The second-order valence-corrected chi connectivity index (χ2v) is 12.3. The normalized spacial score (nSPS) is 15.0. The number of benzene rings is 2. The molecule has 0 heterocycles. The zero-order valence-electron chi connectivity index (χ0n) is 23.4. The van der Waals surface area contributed by atoms with Gasteiger partial charge in [-0.2, -0.15) is 0 Å². The van der Waals surface area contributed by atoms with Crippen LogP contribution in [0.5, 0.6) is 0 Å². The summed E-state index contributed by atoms with van der Waals surface area (Å²) in [5, 5.41) is 3.14. The summed E-state index contributed by atoms with van der Waals surface area (Å²) in [5.41, 5.74) is 2.39. The molecule has 1 aliphatic rings. The lowest BCUT2D eigenvalue weighted by Gasteiger charge is -2.33. The van der Waals surface area contributed by atoms with Crippen LogP contribution in [0.2, 0.25) is 0 Å². The first kappa shape index (κ1) is 30.6. The van der Waals surface area contributed by atoms with E-state index in [9.17, 15) is 22.4 Å². The molecule has 0 radical (unpaired) electrons. The number of carbonyl (C=O) groups excluding carboxylic acids is 2. The van der Waals surface area contributed by atoms with Gasteiger partial charge in [0.25, 0.3) is 0 Å². The van der Waals surface area contributed by atoms with Crippen LogP contribution in [-0.2, 0) is 32.6 Å². The zero-order valence-corrected chi connectivity index (χ0v) is 24.2. The minimum absolute atomic E-state index is 0.0769. The van der Waals surface area contributed by atoms with E-state index in [1.54, 1.807) is 29.2 Å². The summed E-state index contributed by atoms with van der Waals surface area (Å²) in [7, 11) is -3.55. The SMILES string of the molecule is CCc1ccc(N(CCCC(=O)N(Cc2ccc(F)cc2)[C@@H](CC)C(=O)NC2CCCCC2)S(C)(=O)=O)cc1. The van der Waals surface area contributed by atoms with Gasteiger partial charge in [0.1, 0.15) is 11.9 Å². The van der Waals surface area contributed by atoms with E-state index in [-0.39, 0.29) is 43.2 Å². The van der Waals surface area contributed by atoms with E-state index in [0.29, 0.717) is 18.5 Å². The van der Waals surface area contributed by atoms with E-state index in [1.165, 1.54) is 22.9 Å². The Hall–Kier alpha value is -2.94. The van der Waals surface area contributed by atoms with Crippen LogP contribution in [0, 0.1) is 5.82 Å². The van der Waals surface area contributed by atoms with Crippen molar-refractivity contribution >= 4 is 27.5 Å². The van der Waals surface area contributed by atoms with Crippen LogP contribution in [0.25, 0.3) is 0 Å². The van der Waals surface area contributed by atoms with Crippen molar-refractivity contribution in [1.29, 1.82) is 0 Å². The Morgan fingerprint density at radius 1 is 0.974 bits per heavy atom. The number of hydrogen-bond acceptors (Lipinski definition) is 4. The summed E-state index contributed by atoms with van der Waals surface area (Å²) in [4.78, 5) is 28.5. The van der Waals surface area contributed by atoms with Crippen LogP contribution >= 0.6 is 0 Å². The van der Waals surface area contributed by atoms with Crippen molar-refractivity contribution in [2.45, 2.75) is 90.3 Å². The number of halogens is 1. The van der Waals surface area contributed by atoms with Gasteiger partial charge >= 0.3 is 0 Å². The topological polar surface area (TPSA) is 86.8 Å². The third-order valence-electron chi connectivity index (χ3n) is 7.39. The first-order valence-electron chi connectivity index (χ1n) is 14.0. The summed E-state index contributed by atoms with van der Waals surface area (Å²) in [6.45, 7) is 4.22. The molecule has 0 bridgehead atoms. The van der Waals surface area contributed by atoms with E-state index in [1.807, 2.05) is 26.0 Å². The molecular formula is C30H42FN3O4S. The van der Waals surface area contributed by atoms with Gasteiger partial charge in [0.05, 0.1) is 11.9 Å². The van der Waals surface area contributed by atoms with Gasteiger partial charge < -0.3 is 10.2 Å². The predicted octanol–water partition coefficient (Wildman–Crippen LogP) is 5.19. The van der Waals surface area contributed by atoms with Crippen molar-refractivity contribution in [3.8, 4) is 0 Å². The summed E-state index contributed by atoms with van der Waals surface area (Å²) >= 11 is 0. The van der Waals surface area contributed by atoms with E-state index < -0.39 is 16.1 Å². The van der Waals surface area contributed by atoms with Gasteiger partial charge in [0.2, 0.25) is 21.8 Å². The Balaban J connectivity index is 1.74. The van der Waals surface area contributed by atoms with E-state index >= 15 is 0 Å². The van der Waals surface area contributed by atoms with Gasteiger partial charge in [0.15, 0.2) is 0 Å². The van der Waals surface area contributed by atoms with Crippen LogP contribution < -0.4 is 9.62 Å². The summed E-state index contributed by atoms with van der Waals surface area (Å²) in [5.74, 6) is -0.778. The molecule has 3 rings (SSSR count). The number of nitrogens with one attached hydrogen (secondary N) is 1. The first-order valence-corrected chi connectivity index (χ1v) is 15.9. The molecule has 0 saturated heterocycles. The van der Waals surface area contributed by atoms with Gasteiger partial charge in [-0.1, -0.05) is 57.4 Å². The molecule has 7 nitrogen and oxygen atoms in total. The van der Waals surface area contributed by atoms with Gasteiger partial charge in [-0.05, 0) is 67.5 Å². The fourth-order valence-electron chi connectivity index (χ4n) is 5.15. The number of rotatable bonds is 13. The molecule has 2 aromatic carbocycles. The monoisotopic (exact) mass is 559 g/mol. The Morgan fingerprint density at radius 2 is 1.59 bits per heavy atom. The van der Waals surface area contributed by atoms with Crippen molar-refractivity contribution in [1.82, 2.24) is 10.2 Å². The highest BCUT2D eigenvalue weighted by atomic mass is 32.2. The zero-order chi connectivity index (χ0) is 28.4. The lowest BCUT2D eigenvalue weighted by atomic mass is 9.95. The largest absolute Gasteiger partial charge is 0.352 e. The van der Waals surface area contributed by atoms with Crippen LogP contribution in [0.3, 0.4) is 0 Å². The number of aryl methyl sites for hydroxylation is 1. The number of amides is 2. The van der Waals surface area contributed by atoms with Gasteiger partial charge in [0, 0.05) is 25.6 Å². The van der Waals surface area contributed by atoms with E-state index in [0.717, 1.165) is 49.5 Å². The highest BCUT2D eigenvalue weighted by molar-refractivity contribution is 7.92. The van der Waals surface area contributed by atoms with Crippen molar-refractivity contribution in [2.75, 3.05) is 17.1 Å². The molecule has 1 atom stereocenters. The highest BCUT2D eigenvalue weighted by Crippen LogP contribution is 2.22. The second kappa shape index (κ2) is 14.4. The molecule has 2 amide bonds. The van der Waals surface area contributed by atoms with Crippen molar-refractivity contribution in [2.24, 2.45) is 0 Å². The van der Waals surface area contributed by atoms with Crippen molar-refractivity contribution in [3.63, 3.8) is 0 Å². The maximum Gasteiger partial charge on any atom is 0.243 e. The number of anilines is 1. The highest BCUT2D eigenvalue weighted by Gasteiger charge is 2.30. The molecule has 214 valence electrons. The summed E-state index contributed by atoms with van der Waals surface area (Å²) in [6.07, 6.45) is 8.03. The average molecular weight is 560 g/mol. The van der Waals surface area contributed by atoms with Crippen LogP contribution in [0.1, 0.15) is 76.3 Å². The molecule has 0 spiro atoms. The summed E-state index contributed by atoms with van der Waals surface area (Å²) < 4.78 is 39.9. The Labute approximate surface area is 232 Å². The molecule has 39 heavy (non-hydrogen) atoms. The molecule has 1 aliphatic carbocycles. The molecule has 0 aromatic heterocycles. The van der Waals surface area contributed by atoms with E-state index in [2.05, 4.69) is 5.32 Å². The maximum atomic E-state index is 13.6. The Kier molecular flexibility index (Phi) is 11.3. The lowest BCUT2D eigenvalue weighted by Crippen LogP contribution is -2.51. The molecular weight excluding hydrogens is 517 g/mol. The third-order valence-corrected chi connectivity index (χ3v) is 8.58.